The molecule has 102 valence electrons. The number of nitrogens with two attached hydrogens (primary N) is 1. The van der Waals surface area contributed by atoms with Crippen LogP contribution in [0.25, 0.3) is 11.3 Å². The van der Waals surface area contributed by atoms with Crippen LogP contribution in [0.4, 0.5) is 5.82 Å². The van der Waals surface area contributed by atoms with Crippen molar-refractivity contribution >= 4 is 5.82 Å². The third-order valence-corrected chi connectivity index (χ3v) is 3.20. The number of hydrogen-bond donors (Lipinski definition) is 1. The van der Waals surface area contributed by atoms with Gasteiger partial charge in [-0.25, -0.2) is 4.98 Å². The van der Waals surface area contributed by atoms with Crippen LogP contribution < -0.4 is 5.73 Å². The first-order valence-electron chi connectivity index (χ1n) is 6.84. The molecule has 4 nitrogen and oxygen atoms in total. The fourth-order valence-corrected chi connectivity index (χ4v) is 2.29. The van der Waals surface area contributed by atoms with Crippen molar-refractivity contribution in [3.63, 3.8) is 0 Å². The van der Waals surface area contributed by atoms with Gasteiger partial charge < -0.3 is 10.3 Å². The van der Waals surface area contributed by atoms with Gasteiger partial charge in [0.05, 0.1) is 0 Å². The minimum Gasteiger partial charge on any atom is -0.383 e. The summed E-state index contributed by atoms with van der Waals surface area (Å²) in [6.45, 7) is 8.40. The number of rotatable bonds is 4. The molecule has 0 aromatic carbocycles. The largest absolute Gasteiger partial charge is 0.383 e. The molecule has 0 aliphatic heterocycles. The van der Waals surface area contributed by atoms with Crippen molar-refractivity contribution in [3.05, 3.63) is 29.8 Å². The third-order valence-electron chi connectivity index (χ3n) is 3.20. The summed E-state index contributed by atoms with van der Waals surface area (Å²) in [6, 6.07) is 4.34. The van der Waals surface area contributed by atoms with Crippen LogP contribution in [-0.4, -0.2) is 14.5 Å². The van der Waals surface area contributed by atoms with Gasteiger partial charge in [0.1, 0.15) is 17.3 Å². The van der Waals surface area contributed by atoms with Gasteiger partial charge in [-0.15, -0.1) is 0 Å². The van der Waals surface area contributed by atoms with Crippen LogP contribution in [0.2, 0.25) is 0 Å². The highest BCUT2D eigenvalue weighted by atomic mass is 15.2. The Balaban J connectivity index is 2.52. The molecule has 0 atom stereocenters. The molecule has 0 spiro atoms. The van der Waals surface area contributed by atoms with Crippen LogP contribution in [-0.2, 0) is 6.42 Å². The van der Waals surface area contributed by atoms with E-state index in [9.17, 15) is 0 Å². The predicted octanol–water partition coefficient (Wildman–Crippen LogP) is 3.37. The molecule has 2 rings (SSSR count). The quantitative estimate of drug-likeness (QED) is 0.914. The molecule has 4 heteroatoms. The van der Waals surface area contributed by atoms with Crippen molar-refractivity contribution in [1.29, 1.82) is 0 Å². The molecule has 2 N–H and O–H groups in total. The van der Waals surface area contributed by atoms with E-state index >= 15 is 0 Å². The van der Waals surface area contributed by atoms with E-state index in [-0.39, 0.29) is 0 Å². The number of anilines is 1. The minimum atomic E-state index is 0.321. The summed E-state index contributed by atoms with van der Waals surface area (Å²) in [4.78, 5) is 9.04. The van der Waals surface area contributed by atoms with Crippen molar-refractivity contribution in [1.82, 2.24) is 14.5 Å². The highest BCUT2D eigenvalue weighted by Gasteiger charge is 2.17. The fourth-order valence-electron chi connectivity index (χ4n) is 2.29. The maximum Gasteiger partial charge on any atom is 0.132 e. The molecule has 0 bridgehead atoms. The number of nitrogens with zero attached hydrogens (tertiary/aromatic N) is 3. The van der Waals surface area contributed by atoms with Gasteiger partial charge >= 0.3 is 0 Å². The summed E-state index contributed by atoms with van der Waals surface area (Å²) < 4.78 is 2.12. The normalized spacial score (nSPS) is 11.2. The zero-order valence-electron chi connectivity index (χ0n) is 12.1. The molecule has 0 unspecified atom stereocenters. The molecule has 0 amide bonds. The van der Waals surface area contributed by atoms with E-state index in [1.807, 2.05) is 25.3 Å². The maximum atomic E-state index is 6.28. The van der Waals surface area contributed by atoms with Gasteiger partial charge in [0, 0.05) is 29.9 Å². The van der Waals surface area contributed by atoms with Crippen molar-refractivity contribution < 1.29 is 0 Å². The number of aryl methyl sites for hydroxylation is 2. The second-order valence-electron chi connectivity index (χ2n) is 5.16. The summed E-state index contributed by atoms with van der Waals surface area (Å²) in [5.74, 6) is 1.80. The molecule has 2 aromatic heterocycles. The van der Waals surface area contributed by atoms with E-state index in [4.69, 9.17) is 10.7 Å². The van der Waals surface area contributed by atoms with E-state index < -0.39 is 0 Å². The van der Waals surface area contributed by atoms with Gasteiger partial charge in [0.2, 0.25) is 0 Å². The Morgan fingerprint density at radius 3 is 2.58 bits per heavy atom. The monoisotopic (exact) mass is 258 g/mol. The van der Waals surface area contributed by atoms with E-state index in [2.05, 4.69) is 30.3 Å². The standard InChI is InChI=1S/C15H22N4/c1-5-6-13-18-14(15(16)19(13)10(2)3)12-8-7-11(4)17-9-12/h7-10H,5-6,16H2,1-4H3. The zero-order chi connectivity index (χ0) is 14.0. The van der Waals surface area contributed by atoms with Gasteiger partial charge in [-0.05, 0) is 39.3 Å². The smallest absolute Gasteiger partial charge is 0.132 e. The Labute approximate surface area is 114 Å². The molecule has 2 heterocycles. The summed E-state index contributed by atoms with van der Waals surface area (Å²) in [5, 5.41) is 0. The van der Waals surface area contributed by atoms with Gasteiger partial charge in [-0.3, -0.25) is 4.98 Å². The molecule has 19 heavy (non-hydrogen) atoms. The Kier molecular flexibility index (Phi) is 3.88. The lowest BCUT2D eigenvalue weighted by atomic mass is 10.2. The summed E-state index contributed by atoms with van der Waals surface area (Å²) in [7, 11) is 0. The van der Waals surface area contributed by atoms with Crippen molar-refractivity contribution in [2.24, 2.45) is 0 Å². The van der Waals surface area contributed by atoms with E-state index in [0.717, 1.165) is 41.4 Å². The highest BCUT2D eigenvalue weighted by molar-refractivity contribution is 5.70. The molecular formula is C15H22N4. The van der Waals surface area contributed by atoms with Crippen molar-refractivity contribution in [2.45, 2.75) is 46.6 Å². The Morgan fingerprint density at radius 1 is 1.32 bits per heavy atom. The molecule has 0 fully saturated rings. The van der Waals surface area contributed by atoms with Gasteiger partial charge in [0.25, 0.3) is 0 Å². The van der Waals surface area contributed by atoms with Gasteiger partial charge in [-0.1, -0.05) is 6.92 Å². The topological polar surface area (TPSA) is 56.7 Å². The lowest BCUT2D eigenvalue weighted by Gasteiger charge is -2.13. The Morgan fingerprint density at radius 2 is 2.05 bits per heavy atom. The van der Waals surface area contributed by atoms with Crippen molar-refractivity contribution in [3.8, 4) is 11.3 Å². The number of hydrogen-bond acceptors (Lipinski definition) is 3. The number of nitrogen functional groups attached to an aromatic ring is 1. The first-order chi connectivity index (χ1) is 9.04. The highest BCUT2D eigenvalue weighted by Crippen LogP contribution is 2.29. The average Bonchev–Trinajstić information content (AvgIpc) is 2.68. The van der Waals surface area contributed by atoms with Gasteiger partial charge in [-0.2, -0.15) is 0 Å². The minimum absolute atomic E-state index is 0.321. The Bertz CT molecular complexity index is 552. The van der Waals surface area contributed by atoms with E-state index in [1.165, 1.54) is 0 Å². The zero-order valence-corrected chi connectivity index (χ0v) is 12.1. The number of imidazole rings is 1. The maximum absolute atomic E-state index is 6.28. The second kappa shape index (κ2) is 5.43. The summed E-state index contributed by atoms with van der Waals surface area (Å²) in [6.07, 6.45) is 3.85. The van der Waals surface area contributed by atoms with Crippen LogP contribution in [0, 0.1) is 6.92 Å². The van der Waals surface area contributed by atoms with Crippen LogP contribution in [0.5, 0.6) is 0 Å². The second-order valence-corrected chi connectivity index (χ2v) is 5.16. The first kappa shape index (κ1) is 13.6. The molecule has 0 saturated carbocycles. The molecule has 0 radical (unpaired) electrons. The van der Waals surface area contributed by atoms with Crippen LogP contribution >= 0.6 is 0 Å². The van der Waals surface area contributed by atoms with E-state index in [1.54, 1.807) is 0 Å². The molecule has 0 saturated heterocycles. The third kappa shape index (κ3) is 2.62. The van der Waals surface area contributed by atoms with Crippen molar-refractivity contribution in [2.75, 3.05) is 5.73 Å². The lowest BCUT2D eigenvalue weighted by Crippen LogP contribution is -2.09. The first-order valence-corrected chi connectivity index (χ1v) is 6.84. The number of aromatic nitrogens is 3. The van der Waals surface area contributed by atoms with E-state index in [0.29, 0.717) is 6.04 Å². The number of pyridine rings is 1. The summed E-state index contributed by atoms with van der Waals surface area (Å²) in [5.41, 5.74) is 9.12. The SMILES string of the molecule is CCCc1nc(-c2ccc(C)nc2)c(N)n1C(C)C. The van der Waals surface area contributed by atoms with Crippen LogP contribution in [0.1, 0.15) is 44.8 Å². The van der Waals surface area contributed by atoms with Crippen LogP contribution in [0.15, 0.2) is 18.3 Å². The average molecular weight is 258 g/mol. The van der Waals surface area contributed by atoms with Crippen LogP contribution in [0.3, 0.4) is 0 Å². The lowest BCUT2D eigenvalue weighted by molar-refractivity contribution is 0.571. The molecule has 0 aliphatic rings. The van der Waals surface area contributed by atoms with Gasteiger partial charge in [0.15, 0.2) is 0 Å². The molecule has 2 aromatic rings. The molecular weight excluding hydrogens is 236 g/mol. The molecule has 0 aliphatic carbocycles. The fraction of sp³-hybridized carbons (Fsp3) is 0.467. The summed E-state index contributed by atoms with van der Waals surface area (Å²) >= 11 is 0. The predicted molar refractivity (Wildman–Crippen MR) is 79.0 cm³/mol. The Hall–Kier alpha value is -1.84.